The van der Waals surface area contributed by atoms with Gasteiger partial charge in [-0.15, -0.1) is 0 Å². The molecule has 0 saturated carbocycles. The second-order valence-electron chi connectivity index (χ2n) is 8.53. The molecule has 3 aromatic carbocycles. The molecule has 36 heavy (non-hydrogen) atoms. The Labute approximate surface area is 199 Å². The minimum Gasteiger partial charge on any atom is -0.429 e. The van der Waals surface area contributed by atoms with Gasteiger partial charge < -0.3 is 4.74 Å². The van der Waals surface area contributed by atoms with Gasteiger partial charge in [-0.2, -0.15) is 8.78 Å². The van der Waals surface area contributed by atoms with E-state index in [4.69, 9.17) is 0 Å². The molecule has 1 unspecified atom stereocenters. The summed E-state index contributed by atoms with van der Waals surface area (Å²) in [6.07, 6.45) is -1.03. The van der Waals surface area contributed by atoms with Gasteiger partial charge in [-0.3, -0.25) is 0 Å². The van der Waals surface area contributed by atoms with Crippen molar-refractivity contribution in [3.63, 3.8) is 0 Å². The molecule has 10 heteroatoms. The van der Waals surface area contributed by atoms with Gasteiger partial charge in [0, 0.05) is 23.3 Å². The van der Waals surface area contributed by atoms with Gasteiger partial charge in [0.15, 0.2) is 29.1 Å². The lowest BCUT2D eigenvalue weighted by Gasteiger charge is -2.21. The maximum absolute atomic E-state index is 14.9. The predicted molar refractivity (Wildman–Crippen MR) is 114 cm³/mol. The first-order valence-corrected chi connectivity index (χ1v) is 10.8. The van der Waals surface area contributed by atoms with E-state index in [-0.39, 0.29) is 17.7 Å². The minimum absolute atomic E-state index is 0.000547. The molecule has 0 heterocycles. The normalized spacial score (nSPS) is 16.2. The van der Waals surface area contributed by atoms with Gasteiger partial charge in [0.25, 0.3) is 0 Å². The van der Waals surface area contributed by atoms with Crippen LogP contribution in [0.2, 0.25) is 0 Å². The van der Waals surface area contributed by atoms with Crippen LogP contribution in [-0.4, -0.2) is 0 Å². The van der Waals surface area contributed by atoms with Gasteiger partial charge in [-0.05, 0) is 48.4 Å². The van der Waals surface area contributed by atoms with Crippen LogP contribution in [0.5, 0.6) is 5.75 Å². The molecule has 0 amide bonds. The first-order valence-electron chi connectivity index (χ1n) is 10.8. The van der Waals surface area contributed by atoms with Crippen LogP contribution in [0.3, 0.4) is 0 Å². The Morgan fingerprint density at radius 3 is 1.86 bits per heavy atom. The highest BCUT2D eigenvalue weighted by atomic mass is 19.3. The zero-order chi connectivity index (χ0) is 26.4. The average Bonchev–Trinajstić information content (AvgIpc) is 2.79. The monoisotopic (exact) mass is 516 g/mol. The Morgan fingerprint density at radius 1 is 0.750 bits per heavy atom. The molecule has 0 bridgehead atoms. The molecule has 0 N–H and O–H groups in total. The summed E-state index contributed by atoms with van der Waals surface area (Å²) in [7, 11) is 0. The zero-order valence-electron chi connectivity index (χ0n) is 18.6. The zero-order valence-corrected chi connectivity index (χ0v) is 18.6. The van der Waals surface area contributed by atoms with Crippen molar-refractivity contribution >= 4 is 5.57 Å². The molecular weight excluding hydrogens is 499 g/mol. The topological polar surface area (TPSA) is 9.23 Å². The van der Waals surface area contributed by atoms with Crippen LogP contribution in [0.1, 0.15) is 37.3 Å². The number of allylic oxidation sites excluding steroid dienone is 2. The molecule has 190 valence electrons. The lowest BCUT2D eigenvalue weighted by Crippen LogP contribution is -2.25. The maximum atomic E-state index is 14.9. The molecule has 0 saturated heterocycles. The van der Waals surface area contributed by atoms with E-state index in [1.165, 1.54) is 6.07 Å². The first kappa shape index (κ1) is 25.7. The summed E-state index contributed by atoms with van der Waals surface area (Å²) in [6, 6.07) is 3.16. The standard InChI is InChI=1S/C26H17F9O/c1-12-2-4-13(5-3-12)16-6-7-17(24(32)23(16)31)14-8-18(27)22(19(28)9-14)26(34,35)36-15-10-20(29)25(33)21(30)11-15/h4,6-12H,2-3,5H2,1H3. The van der Waals surface area contributed by atoms with Gasteiger partial charge in [0.05, 0.1) is 0 Å². The highest BCUT2D eigenvalue weighted by molar-refractivity contribution is 5.72. The van der Waals surface area contributed by atoms with Gasteiger partial charge in [0.2, 0.25) is 0 Å². The number of hydrogen-bond acceptors (Lipinski definition) is 1. The molecule has 1 atom stereocenters. The van der Waals surface area contributed by atoms with Crippen molar-refractivity contribution in [1.29, 1.82) is 0 Å². The van der Waals surface area contributed by atoms with Crippen molar-refractivity contribution in [2.75, 3.05) is 0 Å². The van der Waals surface area contributed by atoms with E-state index in [2.05, 4.69) is 4.74 Å². The summed E-state index contributed by atoms with van der Waals surface area (Å²) in [5.41, 5.74) is -2.50. The Kier molecular flexibility index (Phi) is 6.81. The van der Waals surface area contributed by atoms with Crippen LogP contribution in [-0.2, 0) is 6.11 Å². The molecule has 1 aliphatic rings. The fourth-order valence-corrected chi connectivity index (χ4v) is 4.03. The lowest BCUT2D eigenvalue weighted by atomic mass is 9.87. The number of halogens is 9. The summed E-state index contributed by atoms with van der Waals surface area (Å²) in [4.78, 5) is 0. The van der Waals surface area contributed by atoms with Gasteiger partial charge in [0.1, 0.15) is 22.9 Å². The Morgan fingerprint density at radius 2 is 1.31 bits per heavy atom. The van der Waals surface area contributed by atoms with E-state index in [0.717, 1.165) is 12.5 Å². The maximum Gasteiger partial charge on any atom is 0.432 e. The second kappa shape index (κ2) is 9.55. The van der Waals surface area contributed by atoms with E-state index in [9.17, 15) is 39.5 Å². The highest BCUT2D eigenvalue weighted by Crippen LogP contribution is 2.39. The van der Waals surface area contributed by atoms with Crippen LogP contribution < -0.4 is 4.74 Å². The minimum atomic E-state index is -4.80. The Balaban J connectivity index is 1.68. The van der Waals surface area contributed by atoms with Crippen LogP contribution in [0.15, 0.2) is 42.5 Å². The summed E-state index contributed by atoms with van der Waals surface area (Å²) in [5.74, 6) is -13.0. The first-order chi connectivity index (χ1) is 16.9. The van der Waals surface area contributed by atoms with Crippen LogP contribution in [0.4, 0.5) is 39.5 Å². The third kappa shape index (κ3) is 4.81. The largest absolute Gasteiger partial charge is 0.432 e. The molecular formula is C26H17F9O. The van der Waals surface area contributed by atoms with E-state index in [0.29, 0.717) is 36.5 Å². The quantitative estimate of drug-likeness (QED) is 0.244. The average molecular weight is 516 g/mol. The number of benzene rings is 3. The number of alkyl halides is 2. The molecule has 0 spiro atoms. The predicted octanol–water partition coefficient (Wildman–Crippen LogP) is 8.66. The van der Waals surface area contributed by atoms with E-state index in [1.54, 1.807) is 6.08 Å². The van der Waals surface area contributed by atoms with Crippen molar-refractivity contribution in [2.45, 2.75) is 32.3 Å². The third-order valence-electron chi connectivity index (χ3n) is 5.95. The number of ether oxygens (including phenoxy) is 1. The van der Waals surface area contributed by atoms with Crippen molar-refractivity contribution in [3.05, 3.63) is 94.3 Å². The van der Waals surface area contributed by atoms with Crippen molar-refractivity contribution in [1.82, 2.24) is 0 Å². The molecule has 1 aliphatic carbocycles. The van der Waals surface area contributed by atoms with Crippen molar-refractivity contribution in [2.24, 2.45) is 5.92 Å². The summed E-state index contributed by atoms with van der Waals surface area (Å²) in [6.45, 7) is 2.02. The van der Waals surface area contributed by atoms with E-state index < -0.39 is 69.3 Å². The molecule has 0 aliphatic heterocycles. The number of rotatable bonds is 5. The van der Waals surface area contributed by atoms with E-state index >= 15 is 0 Å². The lowest BCUT2D eigenvalue weighted by molar-refractivity contribution is -0.189. The van der Waals surface area contributed by atoms with E-state index in [1.807, 2.05) is 6.92 Å². The van der Waals surface area contributed by atoms with Gasteiger partial charge in [-0.1, -0.05) is 25.1 Å². The molecule has 1 nitrogen and oxygen atoms in total. The fraction of sp³-hybridized carbons (Fsp3) is 0.231. The smallest absolute Gasteiger partial charge is 0.429 e. The number of hydrogen-bond donors (Lipinski definition) is 0. The summed E-state index contributed by atoms with van der Waals surface area (Å²) in [5, 5.41) is 0. The SMILES string of the molecule is CC1CC=C(c2ccc(-c3cc(F)c(C(F)(F)Oc4cc(F)c(F)c(F)c4)c(F)c3)c(F)c2F)CC1. The third-order valence-corrected chi connectivity index (χ3v) is 5.95. The second-order valence-corrected chi connectivity index (χ2v) is 8.53. The van der Waals surface area contributed by atoms with Crippen molar-refractivity contribution in [3.8, 4) is 16.9 Å². The Bertz CT molecular complexity index is 1320. The van der Waals surface area contributed by atoms with Gasteiger partial charge >= 0.3 is 6.11 Å². The summed E-state index contributed by atoms with van der Waals surface area (Å²) >= 11 is 0. The highest BCUT2D eigenvalue weighted by Gasteiger charge is 2.41. The van der Waals surface area contributed by atoms with Gasteiger partial charge in [-0.25, -0.2) is 30.7 Å². The molecule has 0 fully saturated rings. The summed E-state index contributed by atoms with van der Waals surface area (Å²) < 4.78 is 132. The fourth-order valence-electron chi connectivity index (χ4n) is 4.03. The molecule has 4 rings (SSSR count). The van der Waals surface area contributed by atoms with Crippen LogP contribution in [0.25, 0.3) is 16.7 Å². The van der Waals surface area contributed by atoms with Crippen LogP contribution in [0, 0.1) is 46.6 Å². The molecule has 0 aromatic heterocycles. The van der Waals surface area contributed by atoms with Crippen LogP contribution >= 0.6 is 0 Å². The Hall–Kier alpha value is -3.43. The molecule has 3 aromatic rings. The van der Waals surface area contributed by atoms with Crippen molar-refractivity contribution < 1.29 is 44.3 Å². The molecule has 0 radical (unpaired) electrons.